The van der Waals surface area contributed by atoms with Crippen molar-refractivity contribution in [3.8, 4) is 0 Å². The van der Waals surface area contributed by atoms with Crippen LogP contribution in [0.2, 0.25) is 0 Å². The number of hydrogen-bond donors (Lipinski definition) is 1. The smallest absolute Gasteiger partial charge is 0.254 e. The van der Waals surface area contributed by atoms with Crippen molar-refractivity contribution in [1.82, 2.24) is 4.90 Å². The number of nitrogens with zero attached hydrogens (tertiary/aromatic N) is 2. The largest absolute Gasteiger partial charge is 0.466 e. The number of furan rings is 1. The number of carbonyl (C=O) groups is 1. The molecule has 2 aliphatic heterocycles. The minimum atomic E-state index is -0.957. The molecule has 5 heteroatoms. The Morgan fingerprint density at radius 3 is 2.32 bits per heavy atom. The van der Waals surface area contributed by atoms with Gasteiger partial charge in [-0.3, -0.25) is 4.79 Å². The second kappa shape index (κ2) is 5.92. The Kier molecular flexibility index (Phi) is 3.84. The summed E-state index contributed by atoms with van der Waals surface area (Å²) in [6.07, 6.45) is 4.56. The zero-order chi connectivity index (χ0) is 17.6. The lowest BCUT2D eigenvalue weighted by Crippen LogP contribution is -2.51. The Labute approximate surface area is 147 Å². The van der Waals surface area contributed by atoms with Crippen LogP contribution in [0.15, 0.2) is 47.1 Å². The molecule has 2 aromatic rings. The van der Waals surface area contributed by atoms with Crippen molar-refractivity contribution in [2.24, 2.45) is 0 Å². The summed E-state index contributed by atoms with van der Waals surface area (Å²) in [4.78, 5) is 17.1. The van der Waals surface area contributed by atoms with Gasteiger partial charge in [0.2, 0.25) is 0 Å². The number of piperidine rings is 1. The Bertz CT molecular complexity index is 738. The highest BCUT2D eigenvalue weighted by Gasteiger charge is 2.51. The third kappa shape index (κ3) is 2.72. The van der Waals surface area contributed by atoms with E-state index >= 15 is 0 Å². The van der Waals surface area contributed by atoms with Gasteiger partial charge in [0.05, 0.1) is 6.26 Å². The predicted molar refractivity (Wildman–Crippen MR) is 95.6 cm³/mol. The molecule has 2 fully saturated rings. The van der Waals surface area contributed by atoms with Crippen LogP contribution in [0.3, 0.4) is 0 Å². The third-order valence-corrected chi connectivity index (χ3v) is 5.61. The highest BCUT2D eigenvalue weighted by Crippen LogP contribution is 2.46. The minimum Gasteiger partial charge on any atom is -0.466 e. The standard InChI is InChI=1S/C20H24N2O3/c1-21(2)15-7-5-14(6-8-15)19(23)22-16-9-10-17(22)13-20(24,12-16)18-4-3-11-25-18/h3-8,11,16-17,24H,9-10,12-13H2,1-2H3. The van der Waals surface area contributed by atoms with Gasteiger partial charge in [0.1, 0.15) is 11.4 Å². The molecule has 0 spiro atoms. The summed E-state index contributed by atoms with van der Waals surface area (Å²) in [5.74, 6) is 0.686. The van der Waals surface area contributed by atoms with E-state index in [1.807, 2.05) is 54.2 Å². The van der Waals surface area contributed by atoms with Gasteiger partial charge < -0.3 is 19.3 Å². The van der Waals surface area contributed by atoms with Crippen LogP contribution in [0.1, 0.15) is 41.8 Å². The lowest BCUT2D eigenvalue weighted by atomic mass is 9.84. The van der Waals surface area contributed by atoms with Gasteiger partial charge in [-0.15, -0.1) is 0 Å². The summed E-state index contributed by atoms with van der Waals surface area (Å²) >= 11 is 0. The molecule has 1 aromatic heterocycles. The lowest BCUT2D eigenvalue weighted by Gasteiger charge is -2.42. The first-order valence-corrected chi connectivity index (χ1v) is 8.84. The van der Waals surface area contributed by atoms with Crippen molar-refractivity contribution in [2.45, 2.75) is 43.4 Å². The molecule has 2 aliphatic rings. The number of amides is 1. The van der Waals surface area contributed by atoms with Crippen LogP contribution in [0, 0.1) is 0 Å². The first-order valence-electron chi connectivity index (χ1n) is 8.84. The van der Waals surface area contributed by atoms with E-state index in [1.54, 1.807) is 12.3 Å². The first kappa shape index (κ1) is 16.2. The van der Waals surface area contributed by atoms with Crippen molar-refractivity contribution >= 4 is 11.6 Å². The molecule has 2 atom stereocenters. The molecular formula is C20H24N2O3. The first-order chi connectivity index (χ1) is 12.0. The molecule has 0 saturated carbocycles. The van der Waals surface area contributed by atoms with Crippen LogP contribution in [-0.4, -0.2) is 42.1 Å². The Balaban J connectivity index is 1.55. The van der Waals surface area contributed by atoms with Gasteiger partial charge in [-0.1, -0.05) is 0 Å². The van der Waals surface area contributed by atoms with E-state index in [-0.39, 0.29) is 18.0 Å². The van der Waals surface area contributed by atoms with Crippen molar-refractivity contribution in [3.63, 3.8) is 0 Å². The normalized spacial score (nSPS) is 28.2. The van der Waals surface area contributed by atoms with Crippen molar-refractivity contribution in [3.05, 3.63) is 54.0 Å². The fourth-order valence-electron chi connectivity index (χ4n) is 4.35. The lowest BCUT2D eigenvalue weighted by molar-refractivity contribution is -0.0615. The summed E-state index contributed by atoms with van der Waals surface area (Å²) in [5.41, 5.74) is 0.831. The van der Waals surface area contributed by atoms with Crippen LogP contribution in [0.25, 0.3) is 0 Å². The number of fused-ring (bicyclic) bond motifs is 2. The maximum absolute atomic E-state index is 13.0. The SMILES string of the molecule is CN(C)c1ccc(C(=O)N2C3CCC2CC(O)(c2ccco2)C3)cc1. The van der Waals surface area contributed by atoms with Gasteiger partial charge in [-0.25, -0.2) is 0 Å². The minimum absolute atomic E-state index is 0.0647. The van der Waals surface area contributed by atoms with Crippen LogP contribution >= 0.6 is 0 Å². The van der Waals surface area contributed by atoms with Gasteiger partial charge in [0.15, 0.2) is 0 Å². The summed E-state index contributed by atoms with van der Waals surface area (Å²) in [6.45, 7) is 0. The molecule has 1 amide bonds. The molecule has 132 valence electrons. The molecule has 25 heavy (non-hydrogen) atoms. The van der Waals surface area contributed by atoms with E-state index in [9.17, 15) is 9.90 Å². The summed E-state index contributed by atoms with van der Waals surface area (Å²) in [5, 5.41) is 11.0. The maximum atomic E-state index is 13.0. The average molecular weight is 340 g/mol. The van der Waals surface area contributed by atoms with Crippen molar-refractivity contribution < 1.29 is 14.3 Å². The molecule has 0 radical (unpaired) electrons. The van der Waals surface area contributed by atoms with Crippen molar-refractivity contribution in [1.29, 1.82) is 0 Å². The molecule has 4 rings (SSSR count). The number of carbonyl (C=O) groups excluding carboxylic acids is 1. The third-order valence-electron chi connectivity index (χ3n) is 5.61. The summed E-state index contributed by atoms with van der Waals surface area (Å²) in [7, 11) is 3.97. The zero-order valence-corrected chi connectivity index (χ0v) is 14.7. The van der Waals surface area contributed by atoms with Gasteiger partial charge >= 0.3 is 0 Å². The molecule has 1 N–H and O–H groups in total. The summed E-state index contributed by atoms with van der Waals surface area (Å²) in [6, 6.07) is 11.5. The molecule has 2 saturated heterocycles. The maximum Gasteiger partial charge on any atom is 0.254 e. The summed E-state index contributed by atoms with van der Waals surface area (Å²) < 4.78 is 5.46. The quantitative estimate of drug-likeness (QED) is 0.933. The highest BCUT2D eigenvalue weighted by molar-refractivity contribution is 5.95. The number of aliphatic hydroxyl groups is 1. The van der Waals surface area contributed by atoms with Crippen LogP contribution in [-0.2, 0) is 5.60 Å². The van der Waals surface area contributed by atoms with E-state index < -0.39 is 5.60 Å². The predicted octanol–water partition coefficient (Wildman–Crippen LogP) is 3.00. The van der Waals surface area contributed by atoms with E-state index in [1.165, 1.54) is 0 Å². The van der Waals surface area contributed by atoms with Crippen LogP contribution in [0.5, 0.6) is 0 Å². The second-order valence-electron chi connectivity index (χ2n) is 7.46. The fraction of sp³-hybridized carbons (Fsp3) is 0.450. The Hall–Kier alpha value is -2.27. The van der Waals surface area contributed by atoms with E-state index in [0.29, 0.717) is 24.2 Å². The van der Waals surface area contributed by atoms with Crippen LogP contribution < -0.4 is 4.90 Å². The molecular weight excluding hydrogens is 316 g/mol. The van der Waals surface area contributed by atoms with E-state index in [0.717, 1.165) is 18.5 Å². The molecule has 0 aliphatic carbocycles. The second-order valence-corrected chi connectivity index (χ2v) is 7.46. The van der Waals surface area contributed by atoms with Gasteiger partial charge in [0, 0.05) is 50.3 Å². The molecule has 3 heterocycles. The highest BCUT2D eigenvalue weighted by atomic mass is 16.4. The zero-order valence-electron chi connectivity index (χ0n) is 14.7. The Morgan fingerprint density at radius 2 is 1.80 bits per heavy atom. The number of benzene rings is 1. The molecule has 1 aromatic carbocycles. The monoisotopic (exact) mass is 340 g/mol. The van der Waals surface area contributed by atoms with Gasteiger partial charge in [-0.2, -0.15) is 0 Å². The average Bonchev–Trinajstić information content (AvgIpc) is 3.22. The topological polar surface area (TPSA) is 56.9 Å². The number of rotatable bonds is 3. The Morgan fingerprint density at radius 1 is 1.16 bits per heavy atom. The molecule has 2 bridgehead atoms. The van der Waals surface area contributed by atoms with Crippen LogP contribution in [0.4, 0.5) is 5.69 Å². The number of anilines is 1. The fourth-order valence-corrected chi connectivity index (χ4v) is 4.35. The van der Waals surface area contributed by atoms with Crippen molar-refractivity contribution in [2.75, 3.05) is 19.0 Å². The molecule has 2 unspecified atom stereocenters. The van der Waals surface area contributed by atoms with E-state index in [4.69, 9.17) is 4.42 Å². The van der Waals surface area contributed by atoms with E-state index in [2.05, 4.69) is 0 Å². The van der Waals surface area contributed by atoms with Gasteiger partial charge in [-0.05, 0) is 49.2 Å². The molecule has 5 nitrogen and oxygen atoms in total. The van der Waals surface area contributed by atoms with Gasteiger partial charge in [0.25, 0.3) is 5.91 Å². The number of hydrogen-bond acceptors (Lipinski definition) is 4.